The molecule has 0 aromatic heterocycles. The van der Waals surface area contributed by atoms with E-state index < -0.39 is 0 Å². The van der Waals surface area contributed by atoms with Gasteiger partial charge in [0.1, 0.15) is 0 Å². The Balaban J connectivity index is 1.87. The molecule has 0 aromatic rings. The third-order valence-electron chi connectivity index (χ3n) is 4.19. The van der Waals surface area contributed by atoms with E-state index in [1.54, 1.807) is 0 Å². The zero-order valence-electron chi connectivity index (χ0n) is 11.5. The van der Waals surface area contributed by atoms with Crippen molar-refractivity contribution in [1.82, 2.24) is 15.1 Å². The summed E-state index contributed by atoms with van der Waals surface area (Å²) in [6.07, 6.45) is 3.81. The molecule has 0 aliphatic carbocycles. The van der Waals surface area contributed by atoms with Gasteiger partial charge in [-0.1, -0.05) is 20.4 Å². The van der Waals surface area contributed by atoms with Crippen molar-refractivity contribution in [3.63, 3.8) is 0 Å². The molecule has 2 aliphatic heterocycles. The lowest BCUT2D eigenvalue weighted by Gasteiger charge is -2.42. The zero-order chi connectivity index (χ0) is 12.3. The van der Waals surface area contributed by atoms with Gasteiger partial charge in [0.25, 0.3) is 0 Å². The third-order valence-corrected chi connectivity index (χ3v) is 4.19. The van der Waals surface area contributed by atoms with E-state index >= 15 is 0 Å². The molecule has 3 heteroatoms. The molecule has 0 unspecified atom stereocenters. The second-order valence-corrected chi connectivity index (χ2v) is 6.16. The van der Waals surface area contributed by atoms with Gasteiger partial charge in [-0.3, -0.25) is 0 Å². The van der Waals surface area contributed by atoms with Crippen LogP contribution in [-0.2, 0) is 0 Å². The molecule has 3 nitrogen and oxygen atoms in total. The van der Waals surface area contributed by atoms with E-state index in [1.807, 2.05) is 0 Å². The minimum Gasteiger partial charge on any atom is -0.359 e. The van der Waals surface area contributed by atoms with Crippen LogP contribution in [0.3, 0.4) is 0 Å². The Hall–Kier alpha value is -0.700. The first-order valence-electron chi connectivity index (χ1n) is 6.98. The van der Waals surface area contributed by atoms with E-state index in [9.17, 15) is 0 Å². The van der Waals surface area contributed by atoms with Gasteiger partial charge in [0, 0.05) is 32.7 Å². The lowest BCUT2D eigenvalue weighted by atomic mass is 9.83. The van der Waals surface area contributed by atoms with Crippen LogP contribution in [0.4, 0.5) is 0 Å². The summed E-state index contributed by atoms with van der Waals surface area (Å²) in [5.74, 6) is 1.25. The van der Waals surface area contributed by atoms with Crippen LogP contribution in [-0.4, -0.2) is 49.1 Å². The molecule has 2 rings (SSSR count). The predicted octanol–water partition coefficient (Wildman–Crippen LogP) is 1.87. The summed E-state index contributed by atoms with van der Waals surface area (Å²) in [5, 5.41) is 3.45. The van der Waals surface area contributed by atoms with Crippen LogP contribution < -0.4 is 5.32 Å². The summed E-state index contributed by atoms with van der Waals surface area (Å²) < 4.78 is 0. The normalized spacial score (nSPS) is 25.5. The third kappa shape index (κ3) is 3.38. The molecule has 2 aliphatic rings. The molecule has 98 valence electrons. The van der Waals surface area contributed by atoms with Crippen LogP contribution in [0.2, 0.25) is 0 Å². The fraction of sp³-hybridized carbons (Fsp3) is 0.857. The predicted molar refractivity (Wildman–Crippen MR) is 72.8 cm³/mol. The van der Waals surface area contributed by atoms with Crippen LogP contribution >= 0.6 is 0 Å². The van der Waals surface area contributed by atoms with Gasteiger partial charge in [0.15, 0.2) is 0 Å². The Kier molecular flexibility index (Phi) is 3.97. The Morgan fingerprint density at radius 3 is 2.35 bits per heavy atom. The summed E-state index contributed by atoms with van der Waals surface area (Å²) in [6.45, 7) is 15.9. The standard InChI is InChI=1S/C14H27N3/c1-13(16-9-4-7-15-8-12-16)17-10-5-14(2,3)6-11-17/h15H,1,4-12H2,2-3H3. The number of rotatable bonds is 2. The first-order chi connectivity index (χ1) is 8.08. The van der Waals surface area contributed by atoms with Gasteiger partial charge >= 0.3 is 0 Å². The molecule has 0 atom stereocenters. The van der Waals surface area contributed by atoms with Gasteiger partial charge in [0.05, 0.1) is 5.82 Å². The van der Waals surface area contributed by atoms with Crippen molar-refractivity contribution in [3.05, 3.63) is 12.4 Å². The van der Waals surface area contributed by atoms with Crippen LogP contribution in [0, 0.1) is 5.41 Å². The number of hydrogen-bond donors (Lipinski definition) is 1. The summed E-state index contributed by atoms with van der Waals surface area (Å²) in [4.78, 5) is 4.94. The van der Waals surface area contributed by atoms with Gasteiger partial charge in [-0.05, 0) is 31.2 Å². The number of hydrogen-bond acceptors (Lipinski definition) is 3. The monoisotopic (exact) mass is 237 g/mol. The van der Waals surface area contributed by atoms with Crippen molar-refractivity contribution in [3.8, 4) is 0 Å². The van der Waals surface area contributed by atoms with Crippen molar-refractivity contribution in [1.29, 1.82) is 0 Å². The molecule has 0 saturated carbocycles. The second-order valence-electron chi connectivity index (χ2n) is 6.16. The Bertz CT molecular complexity index is 255. The van der Waals surface area contributed by atoms with Gasteiger partial charge in [0.2, 0.25) is 0 Å². The van der Waals surface area contributed by atoms with E-state index in [0.29, 0.717) is 5.41 Å². The topological polar surface area (TPSA) is 18.5 Å². The van der Waals surface area contributed by atoms with E-state index in [0.717, 1.165) is 26.2 Å². The summed E-state index contributed by atoms with van der Waals surface area (Å²) in [6, 6.07) is 0. The summed E-state index contributed by atoms with van der Waals surface area (Å²) in [7, 11) is 0. The van der Waals surface area contributed by atoms with Crippen molar-refractivity contribution in [2.75, 3.05) is 39.3 Å². The number of nitrogens with zero attached hydrogens (tertiary/aromatic N) is 2. The van der Waals surface area contributed by atoms with Crippen LogP contribution in [0.25, 0.3) is 0 Å². The average molecular weight is 237 g/mol. The fourth-order valence-electron chi connectivity index (χ4n) is 2.67. The molecule has 2 heterocycles. The maximum absolute atomic E-state index is 4.32. The Morgan fingerprint density at radius 2 is 1.65 bits per heavy atom. The summed E-state index contributed by atoms with van der Waals surface area (Å²) in [5.41, 5.74) is 0.525. The van der Waals surface area contributed by atoms with E-state index in [1.165, 1.54) is 38.2 Å². The maximum Gasteiger partial charge on any atom is 0.0965 e. The van der Waals surface area contributed by atoms with Crippen molar-refractivity contribution >= 4 is 0 Å². The second kappa shape index (κ2) is 5.30. The average Bonchev–Trinajstić information content (AvgIpc) is 2.56. The molecule has 0 spiro atoms. The SMILES string of the molecule is C=C(N1CCCNCC1)N1CCC(C)(C)CC1. The largest absolute Gasteiger partial charge is 0.359 e. The van der Waals surface area contributed by atoms with Crippen LogP contribution in [0.5, 0.6) is 0 Å². The van der Waals surface area contributed by atoms with Crippen LogP contribution in [0.15, 0.2) is 12.4 Å². The fourth-order valence-corrected chi connectivity index (χ4v) is 2.67. The summed E-state index contributed by atoms with van der Waals surface area (Å²) >= 11 is 0. The molecule has 0 radical (unpaired) electrons. The molecule has 2 saturated heterocycles. The molecular weight excluding hydrogens is 210 g/mol. The first kappa shape index (κ1) is 12.7. The van der Waals surface area contributed by atoms with E-state index in [4.69, 9.17) is 0 Å². The van der Waals surface area contributed by atoms with E-state index in [-0.39, 0.29) is 0 Å². The zero-order valence-corrected chi connectivity index (χ0v) is 11.5. The first-order valence-corrected chi connectivity index (χ1v) is 6.98. The van der Waals surface area contributed by atoms with E-state index in [2.05, 4.69) is 35.5 Å². The van der Waals surface area contributed by atoms with Gasteiger partial charge < -0.3 is 15.1 Å². The number of piperidine rings is 1. The molecule has 2 fully saturated rings. The molecule has 0 bridgehead atoms. The molecule has 0 amide bonds. The van der Waals surface area contributed by atoms with Gasteiger partial charge in [-0.25, -0.2) is 0 Å². The highest BCUT2D eigenvalue weighted by Crippen LogP contribution is 2.31. The minimum absolute atomic E-state index is 0.525. The van der Waals surface area contributed by atoms with Crippen molar-refractivity contribution < 1.29 is 0 Å². The maximum atomic E-state index is 4.32. The molecule has 1 N–H and O–H groups in total. The van der Waals surface area contributed by atoms with Crippen LogP contribution in [0.1, 0.15) is 33.1 Å². The quantitative estimate of drug-likeness (QED) is 0.791. The highest BCUT2D eigenvalue weighted by atomic mass is 15.3. The lowest BCUT2D eigenvalue weighted by molar-refractivity contribution is 0.124. The highest BCUT2D eigenvalue weighted by molar-refractivity contribution is 4.97. The number of likely N-dealkylation sites (tertiary alicyclic amines) is 1. The van der Waals surface area contributed by atoms with Gasteiger partial charge in [-0.15, -0.1) is 0 Å². The molecule has 17 heavy (non-hydrogen) atoms. The lowest BCUT2D eigenvalue weighted by Crippen LogP contribution is -2.42. The smallest absolute Gasteiger partial charge is 0.0965 e. The number of nitrogens with one attached hydrogen (secondary N) is 1. The van der Waals surface area contributed by atoms with Crippen molar-refractivity contribution in [2.24, 2.45) is 5.41 Å². The van der Waals surface area contributed by atoms with Gasteiger partial charge in [-0.2, -0.15) is 0 Å². The molecular formula is C14H27N3. The molecule has 0 aromatic carbocycles. The highest BCUT2D eigenvalue weighted by Gasteiger charge is 2.27. The Labute approximate surface area is 106 Å². The Morgan fingerprint density at radius 1 is 1.00 bits per heavy atom. The van der Waals surface area contributed by atoms with Crippen molar-refractivity contribution in [2.45, 2.75) is 33.1 Å². The minimum atomic E-state index is 0.525.